The van der Waals surface area contributed by atoms with Crippen molar-refractivity contribution in [1.82, 2.24) is 9.78 Å². The zero-order chi connectivity index (χ0) is 12.5. The van der Waals surface area contributed by atoms with E-state index in [1.54, 1.807) is 0 Å². The number of hydrogen-bond acceptors (Lipinski definition) is 3. The summed E-state index contributed by atoms with van der Waals surface area (Å²) in [4.78, 5) is 11.3. The molecule has 1 aromatic heterocycles. The lowest BCUT2D eigenvalue weighted by molar-refractivity contribution is 0.100. The van der Waals surface area contributed by atoms with E-state index < -0.39 is 5.91 Å². The van der Waals surface area contributed by atoms with Gasteiger partial charge in [0.05, 0.1) is 12.2 Å². The lowest BCUT2D eigenvalue weighted by atomic mass is 10.0. The Morgan fingerprint density at radius 1 is 1.39 bits per heavy atom. The highest BCUT2D eigenvalue weighted by atomic mass is 16.1. The van der Waals surface area contributed by atoms with Crippen molar-refractivity contribution < 1.29 is 4.79 Å². The minimum absolute atomic E-state index is 0.163. The van der Waals surface area contributed by atoms with Crippen LogP contribution in [0.2, 0.25) is 0 Å². The fourth-order valence-corrected chi connectivity index (χ4v) is 2.39. The maximum absolute atomic E-state index is 11.3. The molecule has 0 bridgehead atoms. The molecule has 0 aliphatic carbocycles. The Morgan fingerprint density at radius 2 is 2.17 bits per heavy atom. The van der Waals surface area contributed by atoms with Gasteiger partial charge in [0.1, 0.15) is 11.4 Å². The molecule has 2 heterocycles. The molecule has 0 fully saturated rings. The van der Waals surface area contributed by atoms with Gasteiger partial charge in [0.25, 0.3) is 5.91 Å². The number of nitrogens with one attached hydrogen (secondary N) is 1. The predicted molar refractivity (Wildman–Crippen MR) is 68.4 cm³/mol. The Balaban J connectivity index is 2.06. The van der Waals surface area contributed by atoms with Crippen LogP contribution < -0.4 is 11.1 Å². The third-order valence-corrected chi connectivity index (χ3v) is 3.25. The van der Waals surface area contributed by atoms with Crippen molar-refractivity contribution in [2.45, 2.75) is 12.5 Å². The van der Waals surface area contributed by atoms with E-state index in [1.807, 2.05) is 22.9 Å². The first-order valence-corrected chi connectivity index (χ1v) is 5.93. The Morgan fingerprint density at radius 3 is 2.89 bits per heavy atom. The van der Waals surface area contributed by atoms with Crippen LogP contribution in [0.25, 0.3) is 0 Å². The van der Waals surface area contributed by atoms with Gasteiger partial charge in [0.15, 0.2) is 0 Å². The summed E-state index contributed by atoms with van der Waals surface area (Å²) in [6, 6.07) is 10.3. The second kappa shape index (κ2) is 4.18. The number of hydrogen-bond donors (Lipinski definition) is 2. The van der Waals surface area contributed by atoms with E-state index in [1.165, 1.54) is 11.8 Å². The number of aromatic nitrogens is 2. The van der Waals surface area contributed by atoms with Gasteiger partial charge < -0.3 is 11.1 Å². The normalized spacial score (nSPS) is 17.9. The molecule has 3 rings (SSSR count). The zero-order valence-electron chi connectivity index (χ0n) is 9.84. The summed E-state index contributed by atoms with van der Waals surface area (Å²) in [5.74, 6) is 0.278. The molecule has 5 nitrogen and oxygen atoms in total. The number of amides is 1. The first-order valence-electron chi connectivity index (χ1n) is 5.93. The molecular formula is C13H14N4O. The molecular weight excluding hydrogens is 228 g/mol. The topological polar surface area (TPSA) is 72.9 Å². The van der Waals surface area contributed by atoms with Gasteiger partial charge in [-0.25, -0.2) is 4.68 Å². The summed E-state index contributed by atoms with van der Waals surface area (Å²) in [6.07, 6.45) is 2.48. The first kappa shape index (κ1) is 10.8. The summed E-state index contributed by atoms with van der Waals surface area (Å²) in [5, 5.41) is 7.48. The molecule has 3 N–H and O–H groups in total. The van der Waals surface area contributed by atoms with E-state index >= 15 is 0 Å². The Bertz CT molecular complexity index is 576. The molecule has 0 spiro atoms. The third kappa shape index (κ3) is 1.64. The van der Waals surface area contributed by atoms with Crippen LogP contribution in [0.5, 0.6) is 0 Å². The Kier molecular flexibility index (Phi) is 2.51. The molecule has 92 valence electrons. The number of anilines is 1. The van der Waals surface area contributed by atoms with Crippen molar-refractivity contribution in [1.29, 1.82) is 0 Å². The number of primary amides is 1. The maximum Gasteiger partial charge on any atom is 0.254 e. The van der Waals surface area contributed by atoms with E-state index in [4.69, 9.17) is 5.73 Å². The highest BCUT2D eigenvalue weighted by Crippen LogP contribution is 2.30. The van der Waals surface area contributed by atoms with Crippen molar-refractivity contribution in [2.75, 3.05) is 11.9 Å². The summed E-state index contributed by atoms with van der Waals surface area (Å²) in [7, 11) is 0. The minimum Gasteiger partial charge on any atom is -0.369 e. The van der Waals surface area contributed by atoms with Gasteiger partial charge in [0.2, 0.25) is 0 Å². The van der Waals surface area contributed by atoms with Gasteiger partial charge in [-0.15, -0.1) is 0 Å². The van der Waals surface area contributed by atoms with Crippen molar-refractivity contribution >= 4 is 11.7 Å². The van der Waals surface area contributed by atoms with E-state index in [0.29, 0.717) is 5.56 Å². The zero-order valence-corrected chi connectivity index (χ0v) is 9.84. The van der Waals surface area contributed by atoms with Gasteiger partial charge in [0, 0.05) is 6.54 Å². The summed E-state index contributed by atoms with van der Waals surface area (Å²) in [5.41, 5.74) is 6.98. The lowest BCUT2D eigenvalue weighted by Crippen LogP contribution is -2.26. The van der Waals surface area contributed by atoms with Gasteiger partial charge >= 0.3 is 0 Å². The maximum atomic E-state index is 11.3. The quantitative estimate of drug-likeness (QED) is 0.835. The van der Waals surface area contributed by atoms with Crippen LogP contribution in [0.1, 0.15) is 28.4 Å². The largest absolute Gasteiger partial charge is 0.369 e. The van der Waals surface area contributed by atoms with E-state index in [-0.39, 0.29) is 6.04 Å². The van der Waals surface area contributed by atoms with E-state index in [2.05, 4.69) is 22.5 Å². The van der Waals surface area contributed by atoms with Crippen molar-refractivity contribution in [3.8, 4) is 0 Å². The summed E-state index contributed by atoms with van der Waals surface area (Å²) >= 11 is 0. The number of nitrogens with two attached hydrogens (primary N) is 1. The van der Waals surface area contributed by atoms with E-state index in [0.717, 1.165) is 18.8 Å². The van der Waals surface area contributed by atoms with Crippen molar-refractivity contribution in [3.05, 3.63) is 47.7 Å². The average molecular weight is 242 g/mol. The second-order valence-corrected chi connectivity index (χ2v) is 4.36. The number of nitrogens with zero attached hydrogens (tertiary/aromatic N) is 2. The molecule has 0 saturated carbocycles. The van der Waals surface area contributed by atoms with E-state index in [9.17, 15) is 4.79 Å². The van der Waals surface area contributed by atoms with Crippen LogP contribution in [0.4, 0.5) is 5.82 Å². The molecule has 1 aliphatic heterocycles. The first-order chi connectivity index (χ1) is 8.77. The SMILES string of the molecule is NC(=O)c1cnn2c1NCCC2c1ccccc1. The number of benzene rings is 1. The third-order valence-electron chi connectivity index (χ3n) is 3.25. The molecule has 1 aromatic carbocycles. The van der Waals surface area contributed by atoms with Gasteiger partial charge in [-0.05, 0) is 12.0 Å². The molecule has 5 heteroatoms. The lowest BCUT2D eigenvalue weighted by Gasteiger charge is -2.26. The molecule has 1 amide bonds. The predicted octanol–water partition coefficient (Wildman–Crippen LogP) is 1.39. The van der Waals surface area contributed by atoms with Crippen molar-refractivity contribution in [3.63, 3.8) is 0 Å². The van der Waals surface area contributed by atoms with Crippen LogP contribution in [0, 0.1) is 0 Å². The second-order valence-electron chi connectivity index (χ2n) is 4.36. The molecule has 1 atom stereocenters. The molecule has 0 saturated heterocycles. The van der Waals surface area contributed by atoms with Crippen LogP contribution >= 0.6 is 0 Å². The Labute approximate surface area is 105 Å². The standard InChI is InChI=1S/C13H14N4O/c14-12(18)10-8-16-17-11(6-7-15-13(10)17)9-4-2-1-3-5-9/h1-5,8,11,15H,6-7H2,(H2,14,18). The Hall–Kier alpha value is -2.30. The molecule has 18 heavy (non-hydrogen) atoms. The molecule has 0 radical (unpaired) electrons. The average Bonchev–Trinajstić information content (AvgIpc) is 2.83. The highest BCUT2D eigenvalue weighted by molar-refractivity contribution is 5.97. The van der Waals surface area contributed by atoms with Crippen LogP contribution in [0.15, 0.2) is 36.5 Å². The van der Waals surface area contributed by atoms with Crippen molar-refractivity contribution in [2.24, 2.45) is 5.73 Å². The fourth-order valence-electron chi connectivity index (χ4n) is 2.39. The highest BCUT2D eigenvalue weighted by Gasteiger charge is 2.25. The number of rotatable bonds is 2. The fraction of sp³-hybridized carbons (Fsp3) is 0.231. The van der Waals surface area contributed by atoms with Gasteiger partial charge in [-0.1, -0.05) is 30.3 Å². The van der Waals surface area contributed by atoms with Crippen LogP contribution in [0.3, 0.4) is 0 Å². The smallest absolute Gasteiger partial charge is 0.254 e. The van der Waals surface area contributed by atoms with Gasteiger partial charge in [-0.3, -0.25) is 4.79 Å². The molecule has 1 unspecified atom stereocenters. The number of carbonyl (C=O) groups excluding carboxylic acids is 1. The molecule has 2 aromatic rings. The summed E-state index contributed by atoms with van der Waals surface area (Å²) in [6.45, 7) is 0.811. The van der Waals surface area contributed by atoms with Gasteiger partial charge in [-0.2, -0.15) is 5.10 Å². The minimum atomic E-state index is -0.447. The summed E-state index contributed by atoms with van der Waals surface area (Å²) < 4.78 is 1.85. The number of carbonyl (C=O) groups is 1. The van der Waals surface area contributed by atoms with Crippen LogP contribution in [-0.4, -0.2) is 22.2 Å². The van der Waals surface area contributed by atoms with Crippen LogP contribution in [-0.2, 0) is 0 Å². The monoisotopic (exact) mass is 242 g/mol. The number of fused-ring (bicyclic) bond motifs is 1. The molecule has 1 aliphatic rings.